The van der Waals surface area contributed by atoms with E-state index in [1.807, 2.05) is 12.1 Å². The van der Waals surface area contributed by atoms with Gasteiger partial charge in [-0.15, -0.1) is 0 Å². The fourth-order valence-corrected chi connectivity index (χ4v) is 2.14. The molecule has 0 atom stereocenters. The number of unbranched alkanes of at least 4 members (excludes halogenated alkanes) is 1. The summed E-state index contributed by atoms with van der Waals surface area (Å²) in [4.78, 5) is 12.5. The van der Waals surface area contributed by atoms with Gasteiger partial charge < -0.3 is 4.42 Å². The molecular formula is C16H20N2O3. The van der Waals surface area contributed by atoms with Gasteiger partial charge in [-0.05, 0) is 44.3 Å². The third-order valence-corrected chi connectivity index (χ3v) is 3.34. The van der Waals surface area contributed by atoms with Crippen LogP contribution in [0.15, 0.2) is 40.8 Å². The number of nitrogens with zero attached hydrogens (tertiary/aromatic N) is 2. The van der Waals surface area contributed by atoms with E-state index in [1.165, 1.54) is 25.0 Å². The highest BCUT2D eigenvalue weighted by atomic mass is 16.6. The first kappa shape index (κ1) is 15.3. The van der Waals surface area contributed by atoms with Gasteiger partial charge in [0.25, 0.3) is 5.69 Å². The lowest BCUT2D eigenvalue weighted by Crippen LogP contribution is -2.18. The lowest BCUT2D eigenvalue weighted by Gasteiger charge is -2.13. The number of hydrogen-bond acceptors (Lipinski definition) is 4. The smallest absolute Gasteiger partial charge is 0.269 e. The van der Waals surface area contributed by atoms with E-state index in [4.69, 9.17) is 4.42 Å². The minimum atomic E-state index is -0.403. The van der Waals surface area contributed by atoms with E-state index in [0.717, 1.165) is 30.2 Å². The number of nitro groups is 1. The summed E-state index contributed by atoms with van der Waals surface area (Å²) < 4.78 is 5.81. The van der Waals surface area contributed by atoms with Crippen molar-refractivity contribution in [2.45, 2.75) is 26.3 Å². The molecule has 2 rings (SSSR count). The first-order valence-corrected chi connectivity index (χ1v) is 7.12. The zero-order chi connectivity index (χ0) is 15.2. The number of non-ortho nitro benzene ring substituents is 1. The van der Waals surface area contributed by atoms with Gasteiger partial charge in [0.1, 0.15) is 11.5 Å². The van der Waals surface area contributed by atoms with Crippen molar-refractivity contribution in [1.82, 2.24) is 4.90 Å². The van der Waals surface area contributed by atoms with Crippen molar-refractivity contribution < 1.29 is 9.34 Å². The number of benzene rings is 1. The van der Waals surface area contributed by atoms with Crippen molar-refractivity contribution in [3.63, 3.8) is 0 Å². The van der Waals surface area contributed by atoms with E-state index in [2.05, 4.69) is 18.9 Å². The van der Waals surface area contributed by atoms with E-state index >= 15 is 0 Å². The van der Waals surface area contributed by atoms with Crippen LogP contribution in [-0.2, 0) is 6.54 Å². The molecule has 0 aliphatic rings. The maximum absolute atomic E-state index is 10.6. The first-order chi connectivity index (χ1) is 10.1. The molecule has 5 nitrogen and oxygen atoms in total. The molecule has 0 amide bonds. The van der Waals surface area contributed by atoms with Crippen LogP contribution in [0.2, 0.25) is 0 Å². The van der Waals surface area contributed by atoms with Gasteiger partial charge in [-0.3, -0.25) is 15.0 Å². The monoisotopic (exact) mass is 288 g/mol. The SMILES string of the molecule is CCCCN(C)Cc1ccc(-c2ccc([N+](=O)[O-])cc2)o1. The van der Waals surface area contributed by atoms with Crippen LogP contribution >= 0.6 is 0 Å². The molecule has 1 aromatic carbocycles. The Balaban J connectivity index is 2.03. The number of furan rings is 1. The highest BCUT2D eigenvalue weighted by Crippen LogP contribution is 2.24. The average molecular weight is 288 g/mol. The Labute approximate surface area is 124 Å². The lowest BCUT2D eigenvalue weighted by molar-refractivity contribution is -0.384. The van der Waals surface area contributed by atoms with Crippen LogP contribution in [0.5, 0.6) is 0 Å². The molecule has 1 heterocycles. The minimum Gasteiger partial charge on any atom is -0.460 e. The largest absolute Gasteiger partial charge is 0.460 e. The highest BCUT2D eigenvalue weighted by Gasteiger charge is 2.09. The van der Waals surface area contributed by atoms with Gasteiger partial charge in [0.05, 0.1) is 11.5 Å². The van der Waals surface area contributed by atoms with E-state index in [-0.39, 0.29) is 5.69 Å². The molecule has 0 aliphatic carbocycles. The van der Waals surface area contributed by atoms with E-state index in [0.29, 0.717) is 0 Å². The normalized spacial score (nSPS) is 11.0. The maximum Gasteiger partial charge on any atom is 0.269 e. The Kier molecular flexibility index (Phi) is 5.11. The van der Waals surface area contributed by atoms with Crippen molar-refractivity contribution in [2.24, 2.45) is 0 Å². The standard InChI is InChI=1S/C16H20N2O3/c1-3-4-11-17(2)12-15-9-10-16(21-15)13-5-7-14(8-6-13)18(19)20/h5-10H,3-4,11-12H2,1-2H3. The van der Waals surface area contributed by atoms with Crippen molar-refractivity contribution in [1.29, 1.82) is 0 Å². The maximum atomic E-state index is 10.6. The van der Waals surface area contributed by atoms with Crippen molar-refractivity contribution in [3.05, 3.63) is 52.3 Å². The highest BCUT2D eigenvalue weighted by molar-refractivity contribution is 5.59. The summed E-state index contributed by atoms with van der Waals surface area (Å²) in [6, 6.07) is 10.3. The van der Waals surface area contributed by atoms with Gasteiger partial charge in [-0.1, -0.05) is 13.3 Å². The second-order valence-corrected chi connectivity index (χ2v) is 5.16. The topological polar surface area (TPSA) is 59.5 Å². The zero-order valence-electron chi connectivity index (χ0n) is 12.4. The third-order valence-electron chi connectivity index (χ3n) is 3.34. The fourth-order valence-electron chi connectivity index (χ4n) is 2.14. The summed E-state index contributed by atoms with van der Waals surface area (Å²) >= 11 is 0. The van der Waals surface area contributed by atoms with Crippen molar-refractivity contribution in [3.8, 4) is 11.3 Å². The summed E-state index contributed by atoms with van der Waals surface area (Å²) in [5, 5.41) is 10.6. The Hall–Kier alpha value is -2.14. The summed E-state index contributed by atoms with van der Waals surface area (Å²) in [6.45, 7) is 3.99. The molecule has 0 spiro atoms. The molecule has 2 aromatic rings. The van der Waals surface area contributed by atoms with Gasteiger partial charge in [0, 0.05) is 17.7 Å². The molecule has 0 saturated carbocycles. The molecule has 0 saturated heterocycles. The molecule has 0 N–H and O–H groups in total. The third kappa shape index (κ3) is 4.16. The second-order valence-electron chi connectivity index (χ2n) is 5.16. The van der Waals surface area contributed by atoms with E-state index < -0.39 is 4.92 Å². The molecule has 0 aliphatic heterocycles. The van der Waals surface area contributed by atoms with Gasteiger partial charge >= 0.3 is 0 Å². The van der Waals surface area contributed by atoms with Gasteiger partial charge in [-0.25, -0.2) is 0 Å². The predicted octanol–water partition coefficient (Wildman–Crippen LogP) is 4.09. The fraction of sp³-hybridized carbons (Fsp3) is 0.375. The Morgan fingerprint density at radius 2 is 1.90 bits per heavy atom. The Morgan fingerprint density at radius 3 is 2.52 bits per heavy atom. The first-order valence-electron chi connectivity index (χ1n) is 7.12. The van der Waals surface area contributed by atoms with Gasteiger partial charge in [0.2, 0.25) is 0 Å². The molecule has 112 valence electrons. The van der Waals surface area contributed by atoms with Crippen LogP contribution in [-0.4, -0.2) is 23.4 Å². The average Bonchev–Trinajstić information content (AvgIpc) is 2.93. The molecule has 5 heteroatoms. The zero-order valence-corrected chi connectivity index (χ0v) is 12.4. The van der Waals surface area contributed by atoms with Crippen LogP contribution in [0.1, 0.15) is 25.5 Å². The summed E-state index contributed by atoms with van der Waals surface area (Å²) in [7, 11) is 2.07. The van der Waals surface area contributed by atoms with Crippen molar-refractivity contribution >= 4 is 5.69 Å². The summed E-state index contributed by atoms with van der Waals surface area (Å²) in [5.74, 6) is 1.64. The van der Waals surface area contributed by atoms with Crippen LogP contribution in [0.3, 0.4) is 0 Å². The summed E-state index contributed by atoms with van der Waals surface area (Å²) in [6.07, 6.45) is 2.35. The summed E-state index contributed by atoms with van der Waals surface area (Å²) in [5.41, 5.74) is 0.938. The molecule has 0 fully saturated rings. The van der Waals surface area contributed by atoms with E-state index in [9.17, 15) is 10.1 Å². The molecule has 0 radical (unpaired) electrons. The van der Waals surface area contributed by atoms with Gasteiger partial charge in [-0.2, -0.15) is 0 Å². The molecular weight excluding hydrogens is 268 g/mol. The number of hydrogen-bond donors (Lipinski definition) is 0. The lowest BCUT2D eigenvalue weighted by atomic mass is 10.1. The molecule has 0 unspecified atom stereocenters. The Morgan fingerprint density at radius 1 is 1.19 bits per heavy atom. The van der Waals surface area contributed by atoms with Crippen LogP contribution in [0.25, 0.3) is 11.3 Å². The minimum absolute atomic E-state index is 0.0878. The second kappa shape index (κ2) is 7.04. The molecule has 1 aromatic heterocycles. The molecule has 0 bridgehead atoms. The van der Waals surface area contributed by atoms with E-state index in [1.54, 1.807) is 12.1 Å². The van der Waals surface area contributed by atoms with Crippen LogP contribution in [0.4, 0.5) is 5.69 Å². The van der Waals surface area contributed by atoms with Crippen LogP contribution in [0, 0.1) is 10.1 Å². The van der Waals surface area contributed by atoms with Crippen molar-refractivity contribution in [2.75, 3.05) is 13.6 Å². The predicted molar refractivity (Wildman–Crippen MR) is 82.0 cm³/mol. The van der Waals surface area contributed by atoms with Crippen LogP contribution < -0.4 is 0 Å². The number of rotatable bonds is 7. The number of nitro benzene ring substituents is 1. The quantitative estimate of drug-likeness (QED) is 0.569. The van der Waals surface area contributed by atoms with Gasteiger partial charge in [0.15, 0.2) is 0 Å². The Bertz CT molecular complexity index is 590. The molecule has 21 heavy (non-hydrogen) atoms.